The summed E-state index contributed by atoms with van der Waals surface area (Å²) < 4.78 is 0. The van der Waals surface area contributed by atoms with Crippen LogP contribution in [0.15, 0.2) is 0 Å². The van der Waals surface area contributed by atoms with Gasteiger partial charge in [0, 0.05) is 6.92 Å². The largest absolute Gasteiger partial charge is 0.386 e. The molecule has 18 heavy (non-hydrogen) atoms. The Kier molecular flexibility index (Phi) is 3.36. The molecule has 1 saturated heterocycles. The third-order valence-corrected chi connectivity index (χ3v) is 3.87. The van der Waals surface area contributed by atoms with Crippen LogP contribution in [0.5, 0.6) is 0 Å². The van der Waals surface area contributed by atoms with Gasteiger partial charge in [0.15, 0.2) is 0 Å². The summed E-state index contributed by atoms with van der Waals surface area (Å²) in [5, 5.41) is 12.9. The molecule has 2 amide bonds. The van der Waals surface area contributed by atoms with Crippen molar-refractivity contribution < 1.29 is 14.7 Å². The summed E-state index contributed by atoms with van der Waals surface area (Å²) in [6.07, 6.45) is 2.13. The number of amides is 2. The van der Waals surface area contributed by atoms with Crippen molar-refractivity contribution in [2.45, 2.75) is 45.3 Å². The Labute approximate surface area is 108 Å². The van der Waals surface area contributed by atoms with Gasteiger partial charge < -0.3 is 15.3 Å². The van der Waals surface area contributed by atoms with Gasteiger partial charge in [0.05, 0.1) is 13.1 Å². The predicted molar refractivity (Wildman–Crippen MR) is 66.7 cm³/mol. The van der Waals surface area contributed by atoms with Gasteiger partial charge in [-0.1, -0.05) is 13.8 Å². The second-order valence-electron chi connectivity index (χ2n) is 5.99. The van der Waals surface area contributed by atoms with Crippen molar-refractivity contribution in [1.29, 1.82) is 0 Å². The lowest BCUT2D eigenvalue weighted by Gasteiger charge is -2.48. The van der Waals surface area contributed by atoms with Gasteiger partial charge in [0.2, 0.25) is 11.8 Å². The number of likely N-dealkylation sites (tertiary alicyclic amines) is 1. The van der Waals surface area contributed by atoms with Crippen LogP contribution in [0.4, 0.5) is 0 Å². The van der Waals surface area contributed by atoms with Crippen LogP contribution in [-0.2, 0) is 9.59 Å². The molecule has 2 fully saturated rings. The summed E-state index contributed by atoms with van der Waals surface area (Å²) in [6.45, 7) is 6.06. The molecule has 0 aromatic heterocycles. The Morgan fingerprint density at radius 3 is 2.28 bits per heavy atom. The quantitative estimate of drug-likeness (QED) is 0.749. The number of rotatable bonds is 4. The van der Waals surface area contributed by atoms with Crippen molar-refractivity contribution in [3.05, 3.63) is 0 Å². The van der Waals surface area contributed by atoms with E-state index in [1.807, 2.05) is 13.8 Å². The molecule has 1 aliphatic heterocycles. The van der Waals surface area contributed by atoms with Crippen LogP contribution in [0.3, 0.4) is 0 Å². The molecule has 0 aromatic rings. The molecule has 1 atom stereocenters. The molecule has 0 spiro atoms. The molecule has 5 heteroatoms. The first-order chi connectivity index (χ1) is 8.33. The van der Waals surface area contributed by atoms with E-state index in [0.29, 0.717) is 19.0 Å². The highest BCUT2D eigenvalue weighted by atomic mass is 16.3. The van der Waals surface area contributed by atoms with Crippen LogP contribution in [-0.4, -0.2) is 46.6 Å². The topological polar surface area (TPSA) is 69.6 Å². The summed E-state index contributed by atoms with van der Waals surface area (Å²) in [5.74, 6) is 0.154. The number of nitrogens with zero attached hydrogens (tertiary/aromatic N) is 1. The van der Waals surface area contributed by atoms with Crippen LogP contribution in [0, 0.1) is 11.8 Å². The average molecular weight is 254 g/mol. The van der Waals surface area contributed by atoms with Crippen LogP contribution < -0.4 is 5.32 Å². The molecule has 0 aromatic carbocycles. The zero-order chi connectivity index (χ0) is 13.5. The molecule has 1 saturated carbocycles. The molecule has 0 bridgehead atoms. The van der Waals surface area contributed by atoms with E-state index in [0.717, 1.165) is 12.8 Å². The highest BCUT2D eigenvalue weighted by molar-refractivity contribution is 5.87. The lowest BCUT2D eigenvalue weighted by Crippen LogP contribution is -2.68. The maximum absolute atomic E-state index is 12.2. The van der Waals surface area contributed by atoms with E-state index in [9.17, 15) is 14.7 Å². The van der Waals surface area contributed by atoms with Gasteiger partial charge in [-0.15, -0.1) is 0 Å². The molecule has 2 aliphatic rings. The average Bonchev–Trinajstić information content (AvgIpc) is 3.03. The normalized spacial score (nSPS) is 23.5. The monoisotopic (exact) mass is 254 g/mol. The molecule has 1 heterocycles. The van der Waals surface area contributed by atoms with E-state index < -0.39 is 11.6 Å². The standard InChI is InChI=1S/C13H22N2O3/c1-8(2)11(14-9(3)16)12(17)15-6-13(18,7-15)10-4-5-10/h8,10-11,18H,4-7H2,1-3H3,(H,14,16). The minimum atomic E-state index is -0.659. The molecule has 0 radical (unpaired) electrons. The first-order valence-electron chi connectivity index (χ1n) is 6.62. The van der Waals surface area contributed by atoms with Crippen molar-refractivity contribution in [3.63, 3.8) is 0 Å². The van der Waals surface area contributed by atoms with Crippen molar-refractivity contribution in [2.75, 3.05) is 13.1 Å². The van der Waals surface area contributed by atoms with Gasteiger partial charge in [0.25, 0.3) is 0 Å². The van der Waals surface area contributed by atoms with E-state index in [1.165, 1.54) is 6.92 Å². The van der Waals surface area contributed by atoms with Gasteiger partial charge >= 0.3 is 0 Å². The van der Waals surface area contributed by atoms with E-state index in [2.05, 4.69) is 5.32 Å². The molecule has 1 unspecified atom stereocenters. The number of nitrogens with one attached hydrogen (secondary N) is 1. The summed E-state index contributed by atoms with van der Waals surface area (Å²) in [6, 6.07) is -0.480. The van der Waals surface area contributed by atoms with Gasteiger partial charge in [-0.25, -0.2) is 0 Å². The van der Waals surface area contributed by atoms with Crippen LogP contribution >= 0.6 is 0 Å². The molecule has 2 N–H and O–H groups in total. The number of carbonyl (C=O) groups is 2. The number of β-amino-alcohol motifs (C(OH)–C–C–N with tert-alkyl or cyclic N) is 1. The second-order valence-corrected chi connectivity index (χ2v) is 5.99. The highest BCUT2D eigenvalue weighted by Gasteiger charge is 2.54. The van der Waals surface area contributed by atoms with Crippen molar-refractivity contribution >= 4 is 11.8 Å². The Hall–Kier alpha value is -1.10. The molecule has 5 nitrogen and oxygen atoms in total. The van der Waals surface area contributed by atoms with Gasteiger partial charge in [-0.2, -0.15) is 0 Å². The maximum Gasteiger partial charge on any atom is 0.245 e. The maximum atomic E-state index is 12.2. The van der Waals surface area contributed by atoms with Gasteiger partial charge in [-0.3, -0.25) is 9.59 Å². The number of aliphatic hydroxyl groups is 1. The number of hydrogen-bond donors (Lipinski definition) is 2. The third kappa shape index (κ3) is 2.51. The Morgan fingerprint density at radius 2 is 1.89 bits per heavy atom. The van der Waals surface area contributed by atoms with E-state index in [1.54, 1.807) is 4.90 Å². The third-order valence-electron chi connectivity index (χ3n) is 3.87. The van der Waals surface area contributed by atoms with Crippen LogP contribution in [0.25, 0.3) is 0 Å². The summed E-state index contributed by atoms with van der Waals surface area (Å²) in [4.78, 5) is 25.0. The predicted octanol–water partition coefficient (Wildman–Crippen LogP) is 0.130. The van der Waals surface area contributed by atoms with E-state index in [-0.39, 0.29) is 17.7 Å². The molecule has 1 aliphatic carbocycles. The fraction of sp³-hybridized carbons (Fsp3) is 0.846. The zero-order valence-corrected chi connectivity index (χ0v) is 11.3. The Balaban J connectivity index is 1.92. The highest BCUT2D eigenvalue weighted by Crippen LogP contribution is 2.44. The minimum absolute atomic E-state index is 0.0519. The molecular weight excluding hydrogens is 232 g/mol. The van der Waals surface area contributed by atoms with Crippen LogP contribution in [0.1, 0.15) is 33.6 Å². The minimum Gasteiger partial charge on any atom is -0.386 e. The Morgan fingerprint density at radius 1 is 1.33 bits per heavy atom. The zero-order valence-electron chi connectivity index (χ0n) is 11.3. The van der Waals surface area contributed by atoms with E-state index in [4.69, 9.17) is 0 Å². The lowest BCUT2D eigenvalue weighted by atomic mass is 9.87. The fourth-order valence-electron chi connectivity index (χ4n) is 2.58. The number of hydrogen-bond acceptors (Lipinski definition) is 3. The van der Waals surface area contributed by atoms with Crippen molar-refractivity contribution in [3.8, 4) is 0 Å². The Bertz CT molecular complexity index is 357. The fourth-order valence-corrected chi connectivity index (χ4v) is 2.58. The summed E-state index contributed by atoms with van der Waals surface area (Å²) in [7, 11) is 0. The number of carbonyl (C=O) groups excluding carboxylic acids is 2. The molecule has 2 rings (SSSR count). The smallest absolute Gasteiger partial charge is 0.245 e. The van der Waals surface area contributed by atoms with E-state index >= 15 is 0 Å². The van der Waals surface area contributed by atoms with Crippen molar-refractivity contribution in [1.82, 2.24) is 10.2 Å². The second kappa shape index (κ2) is 4.53. The summed E-state index contributed by atoms with van der Waals surface area (Å²) >= 11 is 0. The summed E-state index contributed by atoms with van der Waals surface area (Å²) in [5.41, 5.74) is -0.659. The first-order valence-corrected chi connectivity index (χ1v) is 6.62. The van der Waals surface area contributed by atoms with Gasteiger partial charge in [-0.05, 0) is 24.7 Å². The van der Waals surface area contributed by atoms with Crippen LogP contribution in [0.2, 0.25) is 0 Å². The van der Waals surface area contributed by atoms with Gasteiger partial charge in [0.1, 0.15) is 11.6 Å². The first kappa shape index (κ1) is 13.3. The lowest BCUT2D eigenvalue weighted by molar-refractivity contribution is -0.163. The van der Waals surface area contributed by atoms with Crippen molar-refractivity contribution in [2.24, 2.45) is 11.8 Å². The molecule has 102 valence electrons. The molecular formula is C13H22N2O3. The SMILES string of the molecule is CC(=O)NC(C(=O)N1CC(O)(C2CC2)C1)C(C)C.